The Labute approximate surface area is 182 Å². The van der Waals surface area contributed by atoms with Gasteiger partial charge in [-0.2, -0.15) is 5.10 Å². The van der Waals surface area contributed by atoms with Gasteiger partial charge in [-0.15, -0.1) is 0 Å². The van der Waals surface area contributed by atoms with Crippen molar-refractivity contribution in [1.29, 1.82) is 0 Å². The first-order valence-electron chi connectivity index (χ1n) is 9.43. The van der Waals surface area contributed by atoms with E-state index in [-0.39, 0.29) is 17.6 Å². The van der Waals surface area contributed by atoms with E-state index in [2.05, 4.69) is 10.5 Å². The molecule has 3 aromatic rings. The lowest BCUT2D eigenvalue weighted by atomic mass is 10.2. The summed E-state index contributed by atoms with van der Waals surface area (Å²) in [5, 5.41) is 15.6. The Balaban J connectivity index is 1.76. The number of hydrogen-bond donors (Lipinski definition) is 1. The Kier molecular flexibility index (Phi) is 6.76. The molecule has 0 spiro atoms. The van der Waals surface area contributed by atoms with E-state index >= 15 is 0 Å². The third-order valence-corrected chi connectivity index (χ3v) is 4.28. The number of nitro groups is 1. The Hall–Kier alpha value is -3.59. The van der Waals surface area contributed by atoms with Gasteiger partial charge in [-0.1, -0.05) is 11.6 Å². The molecular formula is C21H20ClN3O6. The van der Waals surface area contributed by atoms with E-state index in [1.165, 1.54) is 30.5 Å². The highest BCUT2D eigenvalue weighted by Gasteiger charge is 2.16. The lowest BCUT2D eigenvalue weighted by Gasteiger charge is -2.16. The number of halogens is 1. The molecule has 162 valence electrons. The van der Waals surface area contributed by atoms with Gasteiger partial charge in [0.15, 0.2) is 17.3 Å². The Bertz CT molecular complexity index is 1160. The molecule has 0 saturated carbocycles. The summed E-state index contributed by atoms with van der Waals surface area (Å²) in [6.45, 7) is 6.03. The molecule has 0 aliphatic rings. The van der Waals surface area contributed by atoms with E-state index in [1.54, 1.807) is 12.1 Å². The third kappa shape index (κ3) is 5.32. The number of hydrogen-bond acceptors (Lipinski definition) is 7. The summed E-state index contributed by atoms with van der Waals surface area (Å²) >= 11 is 6.31. The smallest absolute Gasteiger partial charge is 0.307 e. The number of carbonyl (C=O) groups excluding carboxylic acids is 1. The average Bonchev–Trinajstić information content (AvgIpc) is 3.14. The minimum Gasteiger partial charge on any atom is -0.490 e. The number of amides is 1. The second kappa shape index (κ2) is 9.48. The van der Waals surface area contributed by atoms with Crippen LogP contribution in [0.15, 0.2) is 45.9 Å². The molecule has 2 aromatic carbocycles. The lowest BCUT2D eigenvalue weighted by molar-refractivity contribution is -0.384. The van der Waals surface area contributed by atoms with Gasteiger partial charge >= 0.3 is 5.91 Å². The summed E-state index contributed by atoms with van der Waals surface area (Å²) in [7, 11) is 0. The highest BCUT2D eigenvalue weighted by atomic mass is 35.5. The van der Waals surface area contributed by atoms with Gasteiger partial charge < -0.3 is 13.9 Å². The summed E-state index contributed by atoms with van der Waals surface area (Å²) in [4.78, 5) is 22.7. The summed E-state index contributed by atoms with van der Waals surface area (Å²) in [6.07, 6.45) is 1.32. The van der Waals surface area contributed by atoms with Crippen LogP contribution >= 0.6 is 11.6 Å². The van der Waals surface area contributed by atoms with Gasteiger partial charge in [0.2, 0.25) is 0 Å². The number of ether oxygens (including phenoxy) is 2. The molecule has 3 rings (SSSR count). The number of rotatable bonds is 8. The van der Waals surface area contributed by atoms with Crippen LogP contribution in [0.2, 0.25) is 5.02 Å². The number of furan rings is 1. The van der Waals surface area contributed by atoms with Gasteiger partial charge in [-0.25, -0.2) is 5.43 Å². The Morgan fingerprint density at radius 3 is 2.77 bits per heavy atom. The van der Waals surface area contributed by atoms with E-state index < -0.39 is 10.8 Å². The molecule has 31 heavy (non-hydrogen) atoms. The first-order chi connectivity index (χ1) is 14.8. The van der Waals surface area contributed by atoms with Gasteiger partial charge in [0.25, 0.3) is 5.69 Å². The van der Waals surface area contributed by atoms with Crippen LogP contribution < -0.4 is 14.9 Å². The fourth-order valence-corrected chi connectivity index (χ4v) is 3.02. The highest BCUT2D eigenvalue weighted by molar-refractivity contribution is 6.32. The molecule has 1 amide bonds. The number of carbonyl (C=O) groups is 1. The topological polar surface area (TPSA) is 116 Å². The van der Waals surface area contributed by atoms with Crippen LogP contribution in [-0.4, -0.2) is 29.8 Å². The number of fused-ring (bicyclic) bond motifs is 1. The van der Waals surface area contributed by atoms with Crippen LogP contribution in [0, 0.1) is 10.1 Å². The van der Waals surface area contributed by atoms with E-state index in [4.69, 9.17) is 25.5 Å². The van der Waals surface area contributed by atoms with Crippen LogP contribution in [0.3, 0.4) is 0 Å². The van der Waals surface area contributed by atoms with E-state index in [9.17, 15) is 14.9 Å². The van der Waals surface area contributed by atoms with Crippen molar-refractivity contribution in [3.63, 3.8) is 0 Å². The van der Waals surface area contributed by atoms with Gasteiger partial charge in [-0.05, 0) is 50.6 Å². The van der Waals surface area contributed by atoms with E-state index in [0.717, 1.165) is 0 Å². The molecule has 0 bridgehead atoms. The number of nitrogens with one attached hydrogen (secondary N) is 1. The van der Waals surface area contributed by atoms with Gasteiger partial charge in [0, 0.05) is 17.5 Å². The van der Waals surface area contributed by atoms with E-state index in [0.29, 0.717) is 39.7 Å². The number of non-ortho nitro benzene ring substituents is 1. The number of hydrazone groups is 1. The summed E-state index contributed by atoms with van der Waals surface area (Å²) in [5.41, 5.74) is 3.20. The van der Waals surface area contributed by atoms with Gasteiger partial charge in [-0.3, -0.25) is 14.9 Å². The van der Waals surface area contributed by atoms with Crippen LogP contribution in [0.4, 0.5) is 5.69 Å². The molecule has 0 fully saturated rings. The molecule has 0 radical (unpaired) electrons. The van der Waals surface area contributed by atoms with Crippen LogP contribution in [-0.2, 0) is 0 Å². The molecule has 1 N–H and O–H groups in total. The number of benzene rings is 2. The normalized spacial score (nSPS) is 11.3. The largest absolute Gasteiger partial charge is 0.490 e. The quantitative estimate of drug-likeness (QED) is 0.298. The second-order valence-electron chi connectivity index (χ2n) is 6.72. The fourth-order valence-electron chi connectivity index (χ4n) is 2.75. The second-order valence-corrected chi connectivity index (χ2v) is 7.13. The van der Waals surface area contributed by atoms with Crippen molar-refractivity contribution in [3.05, 3.63) is 62.9 Å². The first-order valence-corrected chi connectivity index (χ1v) is 9.80. The zero-order valence-corrected chi connectivity index (χ0v) is 17.8. The molecule has 0 aliphatic heterocycles. The monoisotopic (exact) mass is 445 g/mol. The molecule has 0 atom stereocenters. The number of nitro benzene ring substituents is 1. The predicted molar refractivity (Wildman–Crippen MR) is 116 cm³/mol. The Morgan fingerprint density at radius 1 is 1.32 bits per heavy atom. The minimum atomic E-state index is -0.606. The molecule has 0 unspecified atom stereocenters. The van der Waals surface area contributed by atoms with Crippen molar-refractivity contribution in [1.82, 2.24) is 5.43 Å². The minimum absolute atomic E-state index is 0.0265. The summed E-state index contributed by atoms with van der Waals surface area (Å²) < 4.78 is 16.7. The third-order valence-electron chi connectivity index (χ3n) is 4.00. The zero-order chi connectivity index (χ0) is 22.5. The molecule has 0 aliphatic carbocycles. The standard InChI is InChI=1S/C21H20ClN3O6/c1-4-29-18-8-13(7-16(22)20(18)30-12(2)3)11-23-24-21(26)19-10-14-9-15(25(27)28)5-6-17(14)31-19/h5-12H,4H2,1-3H3,(H,24,26)/b23-11-. The summed E-state index contributed by atoms with van der Waals surface area (Å²) in [6, 6.07) is 8.82. The average molecular weight is 446 g/mol. The predicted octanol–water partition coefficient (Wildman–Crippen LogP) is 4.94. The van der Waals surface area contributed by atoms with Crippen LogP contribution in [0.1, 0.15) is 36.9 Å². The fraction of sp³-hybridized carbons (Fsp3) is 0.238. The molecule has 1 heterocycles. The Morgan fingerprint density at radius 2 is 2.10 bits per heavy atom. The van der Waals surface area contributed by atoms with Gasteiger partial charge in [0.1, 0.15) is 5.58 Å². The van der Waals surface area contributed by atoms with Crippen molar-refractivity contribution in [2.45, 2.75) is 26.9 Å². The number of nitrogens with zero attached hydrogens (tertiary/aromatic N) is 2. The molecule has 1 aromatic heterocycles. The molecule has 0 saturated heterocycles. The SMILES string of the molecule is CCOc1cc(/C=N\NC(=O)c2cc3cc([N+](=O)[O-])ccc3o2)cc(Cl)c1OC(C)C. The van der Waals surface area contributed by atoms with Crippen molar-refractivity contribution < 1.29 is 23.6 Å². The van der Waals surface area contributed by atoms with Crippen LogP contribution in [0.5, 0.6) is 11.5 Å². The highest BCUT2D eigenvalue weighted by Crippen LogP contribution is 2.37. The van der Waals surface area contributed by atoms with Crippen LogP contribution in [0.25, 0.3) is 11.0 Å². The van der Waals surface area contributed by atoms with Gasteiger partial charge in [0.05, 0.1) is 28.9 Å². The van der Waals surface area contributed by atoms with E-state index in [1.807, 2.05) is 20.8 Å². The molecule has 9 nitrogen and oxygen atoms in total. The zero-order valence-electron chi connectivity index (χ0n) is 17.0. The maximum atomic E-state index is 12.3. The molecule has 10 heteroatoms. The lowest BCUT2D eigenvalue weighted by Crippen LogP contribution is -2.16. The first kappa shape index (κ1) is 22.1. The maximum absolute atomic E-state index is 12.3. The van der Waals surface area contributed by atoms with Crippen molar-refractivity contribution in [2.24, 2.45) is 5.10 Å². The summed E-state index contributed by atoms with van der Waals surface area (Å²) in [5.74, 6) is 0.277. The van der Waals surface area contributed by atoms with Crippen molar-refractivity contribution in [3.8, 4) is 11.5 Å². The van der Waals surface area contributed by atoms with Crippen molar-refractivity contribution >= 4 is 40.4 Å². The maximum Gasteiger partial charge on any atom is 0.307 e. The van der Waals surface area contributed by atoms with Crippen molar-refractivity contribution in [2.75, 3.05) is 6.61 Å². The molecular weight excluding hydrogens is 426 g/mol.